The molecule has 0 saturated heterocycles. The fourth-order valence-corrected chi connectivity index (χ4v) is 4.57. The van der Waals surface area contributed by atoms with Crippen molar-refractivity contribution in [3.8, 4) is 28.0 Å². The van der Waals surface area contributed by atoms with Crippen LogP contribution in [0, 0.1) is 6.92 Å². The number of anilines is 1. The third kappa shape index (κ3) is 4.35. The summed E-state index contributed by atoms with van der Waals surface area (Å²) < 4.78 is 39.4. The normalized spacial score (nSPS) is 11.3. The highest BCUT2D eigenvalue weighted by atomic mass is 79.9. The maximum Gasteiger partial charge on any atom is 0.264 e. The Hall–Kier alpha value is -3.10. The van der Waals surface area contributed by atoms with Crippen molar-refractivity contribution in [2.45, 2.75) is 11.8 Å². The van der Waals surface area contributed by atoms with Crippen LogP contribution in [0.2, 0.25) is 0 Å². The molecule has 158 valence electrons. The van der Waals surface area contributed by atoms with Crippen LogP contribution in [0.5, 0.6) is 5.75 Å². The van der Waals surface area contributed by atoms with Gasteiger partial charge in [-0.3, -0.25) is 0 Å². The van der Waals surface area contributed by atoms with Gasteiger partial charge in [-0.2, -0.15) is 0 Å². The highest BCUT2D eigenvalue weighted by molar-refractivity contribution is 9.10. The summed E-state index contributed by atoms with van der Waals surface area (Å²) in [5, 5.41) is 3.77. The van der Waals surface area contributed by atoms with E-state index in [0.717, 1.165) is 28.0 Å². The lowest BCUT2D eigenvalue weighted by molar-refractivity contribution is 0.415. The summed E-state index contributed by atoms with van der Waals surface area (Å²) in [7, 11) is -2.30. The van der Waals surface area contributed by atoms with Crippen LogP contribution in [-0.4, -0.2) is 20.7 Å². The second-order valence-electron chi connectivity index (χ2n) is 6.82. The number of aromatic nitrogens is 1. The van der Waals surface area contributed by atoms with E-state index in [1.54, 1.807) is 26.2 Å². The summed E-state index contributed by atoms with van der Waals surface area (Å²) in [6.45, 7) is 1.71. The number of hydrogen-bond acceptors (Lipinski definition) is 5. The van der Waals surface area contributed by atoms with Crippen molar-refractivity contribution in [1.29, 1.82) is 0 Å². The van der Waals surface area contributed by atoms with Gasteiger partial charge in [-0.1, -0.05) is 53.7 Å². The molecule has 1 aromatic heterocycles. The minimum atomic E-state index is -3.90. The van der Waals surface area contributed by atoms with Crippen LogP contribution in [0.4, 0.5) is 5.88 Å². The summed E-state index contributed by atoms with van der Waals surface area (Å²) in [5.74, 6) is 0.761. The van der Waals surface area contributed by atoms with Crippen molar-refractivity contribution < 1.29 is 17.7 Å². The van der Waals surface area contributed by atoms with Crippen LogP contribution in [0.25, 0.3) is 22.3 Å². The summed E-state index contributed by atoms with van der Waals surface area (Å²) in [6, 6.07) is 22.4. The van der Waals surface area contributed by atoms with Crippen LogP contribution >= 0.6 is 15.9 Å². The van der Waals surface area contributed by atoms with Gasteiger partial charge in [0.2, 0.25) is 0 Å². The van der Waals surface area contributed by atoms with Crippen molar-refractivity contribution in [2.75, 3.05) is 11.8 Å². The Labute approximate surface area is 189 Å². The van der Waals surface area contributed by atoms with E-state index in [1.165, 1.54) is 0 Å². The van der Waals surface area contributed by atoms with Crippen molar-refractivity contribution in [3.05, 3.63) is 83.0 Å². The lowest BCUT2D eigenvalue weighted by Gasteiger charge is -2.14. The van der Waals surface area contributed by atoms with E-state index in [-0.39, 0.29) is 10.8 Å². The first-order chi connectivity index (χ1) is 14.9. The van der Waals surface area contributed by atoms with E-state index >= 15 is 0 Å². The molecule has 6 nitrogen and oxygen atoms in total. The van der Waals surface area contributed by atoms with E-state index in [4.69, 9.17) is 9.26 Å². The van der Waals surface area contributed by atoms with Gasteiger partial charge in [0, 0.05) is 0 Å². The molecule has 3 aromatic carbocycles. The predicted molar refractivity (Wildman–Crippen MR) is 124 cm³/mol. The van der Waals surface area contributed by atoms with Crippen molar-refractivity contribution in [3.63, 3.8) is 0 Å². The largest absolute Gasteiger partial charge is 0.497 e. The van der Waals surface area contributed by atoms with E-state index in [2.05, 4.69) is 25.8 Å². The summed E-state index contributed by atoms with van der Waals surface area (Å²) in [5.41, 5.74) is 4.11. The first kappa shape index (κ1) is 21.1. The smallest absolute Gasteiger partial charge is 0.264 e. The molecule has 0 aliphatic heterocycles. The Morgan fingerprint density at radius 2 is 1.61 bits per heavy atom. The zero-order valence-corrected chi connectivity index (χ0v) is 19.2. The van der Waals surface area contributed by atoms with E-state index in [1.807, 2.05) is 60.7 Å². The summed E-state index contributed by atoms with van der Waals surface area (Å²) in [6.07, 6.45) is 0. The van der Waals surface area contributed by atoms with Gasteiger partial charge in [0.1, 0.15) is 10.2 Å². The van der Waals surface area contributed by atoms with E-state index < -0.39 is 10.0 Å². The molecule has 0 bridgehead atoms. The molecule has 4 rings (SSSR count). The van der Waals surface area contributed by atoms with Gasteiger partial charge >= 0.3 is 0 Å². The number of sulfonamides is 1. The monoisotopic (exact) mass is 498 g/mol. The number of benzene rings is 3. The number of hydrogen-bond donors (Lipinski definition) is 1. The molecule has 0 aliphatic rings. The summed E-state index contributed by atoms with van der Waals surface area (Å²) >= 11 is 3.29. The highest BCUT2D eigenvalue weighted by Crippen LogP contribution is 2.36. The fourth-order valence-electron chi connectivity index (χ4n) is 3.17. The Kier molecular flexibility index (Phi) is 5.84. The average molecular weight is 499 g/mol. The van der Waals surface area contributed by atoms with Crippen LogP contribution in [0.3, 0.4) is 0 Å². The maximum absolute atomic E-state index is 13.1. The zero-order valence-electron chi connectivity index (χ0n) is 16.8. The standard InChI is InChI=1S/C23H19BrN2O4S/c1-15-22(24)23(30-25-15)26-31(27,28)19-12-13-20(16-6-4-3-5-7-16)21(14-19)17-8-10-18(29-2)11-9-17/h3-14,26H,1-2H3. The SMILES string of the molecule is COc1ccc(-c2cc(S(=O)(=O)Nc3onc(C)c3Br)ccc2-c2ccccc2)cc1. The number of rotatable bonds is 6. The predicted octanol–water partition coefficient (Wildman–Crippen LogP) is 5.89. The second kappa shape index (κ2) is 8.56. The van der Waals surface area contributed by atoms with Gasteiger partial charge in [-0.25, -0.2) is 13.1 Å². The molecule has 0 spiro atoms. The third-order valence-corrected chi connectivity index (χ3v) is 7.07. The first-order valence-corrected chi connectivity index (χ1v) is 11.6. The molecule has 0 unspecified atom stereocenters. The lowest BCUT2D eigenvalue weighted by atomic mass is 9.94. The Morgan fingerprint density at radius 1 is 0.935 bits per heavy atom. The van der Waals surface area contributed by atoms with E-state index in [9.17, 15) is 8.42 Å². The molecular formula is C23H19BrN2O4S. The van der Waals surface area contributed by atoms with Gasteiger partial charge in [-0.15, -0.1) is 0 Å². The van der Waals surface area contributed by atoms with Crippen molar-refractivity contribution >= 4 is 31.8 Å². The van der Waals surface area contributed by atoms with Crippen LogP contribution in [-0.2, 0) is 10.0 Å². The van der Waals surface area contributed by atoms with Gasteiger partial charge < -0.3 is 9.26 Å². The second-order valence-corrected chi connectivity index (χ2v) is 9.29. The Morgan fingerprint density at radius 3 is 2.23 bits per heavy atom. The molecule has 0 atom stereocenters. The molecule has 0 aliphatic carbocycles. The molecule has 31 heavy (non-hydrogen) atoms. The molecular weight excluding hydrogens is 480 g/mol. The molecule has 8 heteroatoms. The molecule has 1 N–H and O–H groups in total. The quantitative estimate of drug-likeness (QED) is 0.358. The Bertz CT molecular complexity index is 1320. The average Bonchev–Trinajstić information content (AvgIpc) is 3.11. The fraction of sp³-hybridized carbons (Fsp3) is 0.0870. The number of nitrogens with zero attached hydrogens (tertiary/aromatic N) is 1. The highest BCUT2D eigenvalue weighted by Gasteiger charge is 2.22. The Balaban J connectivity index is 1.82. The molecule has 0 saturated carbocycles. The van der Waals surface area contributed by atoms with Crippen molar-refractivity contribution in [2.24, 2.45) is 0 Å². The van der Waals surface area contributed by atoms with Crippen molar-refractivity contribution in [1.82, 2.24) is 5.16 Å². The molecule has 1 heterocycles. The molecule has 0 fully saturated rings. The minimum Gasteiger partial charge on any atom is -0.497 e. The minimum absolute atomic E-state index is 0.0376. The number of nitrogens with one attached hydrogen (secondary N) is 1. The number of halogens is 1. The van der Waals surface area contributed by atoms with Crippen LogP contribution in [0.1, 0.15) is 5.69 Å². The number of aryl methyl sites for hydroxylation is 1. The third-order valence-electron chi connectivity index (χ3n) is 4.81. The van der Waals surface area contributed by atoms with Crippen LogP contribution < -0.4 is 9.46 Å². The molecule has 4 aromatic rings. The van der Waals surface area contributed by atoms with E-state index in [0.29, 0.717) is 10.2 Å². The van der Waals surface area contributed by atoms with Gasteiger partial charge in [0.25, 0.3) is 15.9 Å². The summed E-state index contributed by atoms with van der Waals surface area (Å²) in [4.78, 5) is 0.110. The van der Waals surface area contributed by atoms with Gasteiger partial charge in [0.15, 0.2) is 0 Å². The first-order valence-electron chi connectivity index (χ1n) is 9.37. The van der Waals surface area contributed by atoms with Gasteiger partial charge in [0.05, 0.1) is 17.7 Å². The van der Waals surface area contributed by atoms with Gasteiger partial charge in [-0.05, 0) is 69.4 Å². The number of ether oxygens (including phenoxy) is 1. The van der Waals surface area contributed by atoms with Crippen LogP contribution in [0.15, 0.2) is 86.7 Å². The zero-order chi connectivity index (χ0) is 22.0. The molecule has 0 amide bonds. The molecule has 0 radical (unpaired) electrons. The number of methoxy groups -OCH3 is 1. The topological polar surface area (TPSA) is 81.4 Å². The maximum atomic E-state index is 13.1. The lowest BCUT2D eigenvalue weighted by Crippen LogP contribution is -2.13.